The Kier molecular flexibility index (Phi) is 3.86. The average Bonchev–Trinajstić information content (AvgIpc) is 3.34. The van der Waals surface area contributed by atoms with Gasteiger partial charge in [-0.2, -0.15) is 0 Å². The van der Waals surface area contributed by atoms with Gasteiger partial charge < -0.3 is 4.74 Å². The number of esters is 2. The largest absolute Gasteiger partial charge is 0.392 e. The number of hydrogen-bond acceptors (Lipinski definition) is 3. The van der Waals surface area contributed by atoms with E-state index in [1.54, 1.807) is 0 Å². The fourth-order valence-corrected chi connectivity index (χ4v) is 5.67. The Morgan fingerprint density at radius 1 is 0.960 bits per heavy atom. The van der Waals surface area contributed by atoms with Crippen LogP contribution in [-0.2, 0) is 14.3 Å². The standard InChI is InChI=1S/C22H26O3/c1-3-5-17-11-15-7-9-21(17,13-15)19(23)25-20(24)22-10-8-16(14-22)12-18(22)6-4-2/h3-4,11-12,15-16H,1-2,5-10,13-14H2. The van der Waals surface area contributed by atoms with Crippen molar-refractivity contribution < 1.29 is 14.3 Å². The molecule has 0 heterocycles. The summed E-state index contributed by atoms with van der Waals surface area (Å²) in [6.45, 7) is 7.61. The first-order valence-electron chi connectivity index (χ1n) is 9.45. The van der Waals surface area contributed by atoms with Gasteiger partial charge in [-0.25, -0.2) is 0 Å². The van der Waals surface area contributed by atoms with Crippen LogP contribution in [0.4, 0.5) is 0 Å². The van der Waals surface area contributed by atoms with Crippen LogP contribution in [0.3, 0.4) is 0 Å². The van der Waals surface area contributed by atoms with Crippen LogP contribution in [0.2, 0.25) is 0 Å². The van der Waals surface area contributed by atoms with E-state index in [9.17, 15) is 9.59 Å². The Hall–Kier alpha value is -1.90. The fraction of sp³-hybridized carbons (Fsp3) is 0.545. The SMILES string of the molecule is C=CCC1=CC2CCC1(C(=O)OC(=O)C13CCC(C=C1CC=C)C3)C2. The molecular formula is C22H26O3. The fourth-order valence-electron chi connectivity index (χ4n) is 5.67. The van der Waals surface area contributed by atoms with E-state index in [0.717, 1.165) is 49.7 Å². The first-order chi connectivity index (χ1) is 12.0. The summed E-state index contributed by atoms with van der Waals surface area (Å²) < 4.78 is 5.59. The minimum Gasteiger partial charge on any atom is -0.392 e. The number of fused-ring (bicyclic) bond motifs is 4. The van der Waals surface area contributed by atoms with E-state index >= 15 is 0 Å². The van der Waals surface area contributed by atoms with Gasteiger partial charge in [0.25, 0.3) is 0 Å². The van der Waals surface area contributed by atoms with Gasteiger partial charge in [-0.05, 0) is 63.2 Å². The Morgan fingerprint density at radius 2 is 1.40 bits per heavy atom. The predicted molar refractivity (Wildman–Crippen MR) is 96.4 cm³/mol. The maximum atomic E-state index is 13.1. The molecule has 4 bridgehead atoms. The zero-order valence-corrected chi connectivity index (χ0v) is 14.8. The van der Waals surface area contributed by atoms with Crippen molar-refractivity contribution in [2.75, 3.05) is 0 Å². The minimum absolute atomic E-state index is 0.326. The number of carbonyl (C=O) groups excluding carboxylic acids is 2. The van der Waals surface area contributed by atoms with E-state index in [0.29, 0.717) is 24.7 Å². The molecule has 4 atom stereocenters. The normalized spacial score (nSPS) is 37.6. The molecule has 4 unspecified atom stereocenters. The highest BCUT2D eigenvalue weighted by Gasteiger charge is 2.57. The van der Waals surface area contributed by atoms with Crippen LogP contribution >= 0.6 is 0 Å². The molecule has 0 N–H and O–H groups in total. The summed E-state index contributed by atoms with van der Waals surface area (Å²) in [5.74, 6) is 0.255. The van der Waals surface area contributed by atoms with Gasteiger partial charge in [-0.1, -0.05) is 35.5 Å². The van der Waals surface area contributed by atoms with Gasteiger partial charge in [0.2, 0.25) is 0 Å². The lowest BCUT2D eigenvalue weighted by Crippen LogP contribution is -2.38. The highest BCUT2D eigenvalue weighted by Crippen LogP contribution is 2.58. The van der Waals surface area contributed by atoms with Gasteiger partial charge >= 0.3 is 11.9 Å². The molecule has 4 aliphatic rings. The van der Waals surface area contributed by atoms with Crippen molar-refractivity contribution in [1.82, 2.24) is 0 Å². The van der Waals surface area contributed by atoms with Crippen molar-refractivity contribution in [3.63, 3.8) is 0 Å². The zero-order valence-electron chi connectivity index (χ0n) is 14.8. The quantitative estimate of drug-likeness (QED) is 0.402. The molecule has 0 aromatic carbocycles. The Balaban J connectivity index is 1.54. The molecule has 2 fully saturated rings. The molecule has 3 nitrogen and oxygen atoms in total. The smallest absolute Gasteiger partial charge is 0.323 e. The third-order valence-electron chi connectivity index (χ3n) is 6.90. The van der Waals surface area contributed by atoms with Gasteiger partial charge in [0.05, 0.1) is 10.8 Å². The lowest BCUT2D eigenvalue weighted by Gasteiger charge is -2.31. The van der Waals surface area contributed by atoms with Gasteiger partial charge in [-0.15, -0.1) is 13.2 Å². The van der Waals surface area contributed by atoms with Gasteiger partial charge in [-0.3, -0.25) is 9.59 Å². The highest BCUT2D eigenvalue weighted by atomic mass is 16.6. The predicted octanol–water partition coefficient (Wildman–Crippen LogP) is 4.66. The van der Waals surface area contributed by atoms with Crippen molar-refractivity contribution in [2.24, 2.45) is 22.7 Å². The highest BCUT2D eigenvalue weighted by molar-refractivity contribution is 5.95. The van der Waals surface area contributed by atoms with Crippen molar-refractivity contribution in [3.8, 4) is 0 Å². The lowest BCUT2D eigenvalue weighted by molar-refractivity contribution is -0.171. The molecule has 0 aromatic heterocycles. The second kappa shape index (κ2) is 5.82. The molecule has 0 aliphatic heterocycles. The van der Waals surface area contributed by atoms with Gasteiger partial charge in [0.15, 0.2) is 0 Å². The third kappa shape index (κ3) is 2.32. The van der Waals surface area contributed by atoms with E-state index in [1.165, 1.54) is 0 Å². The Morgan fingerprint density at radius 3 is 1.76 bits per heavy atom. The third-order valence-corrected chi connectivity index (χ3v) is 6.90. The van der Waals surface area contributed by atoms with Gasteiger partial charge in [0.1, 0.15) is 0 Å². The summed E-state index contributed by atoms with van der Waals surface area (Å²) in [7, 11) is 0. The summed E-state index contributed by atoms with van der Waals surface area (Å²) >= 11 is 0. The molecule has 2 saturated carbocycles. The Bertz CT molecular complexity index is 653. The second-order valence-corrected chi connectivity index (χ2v) is 8.22. The Labute approximate surface area is 149 Å². The molecule has 3 heteroatoms. The molecule has 132 valence electrons. The second-order valence-electron chi connectivity index (χ2n) is 8.22. The van der Waals surface area contributed by atoms with Crippen LogP contribution in [0.15, 0.2) is 48.6 Å². The van der Waals surface area contributed by atoms with E-state index in [-0.39, 0.29) is 11.9 Å². The van der Waals surface area contributed by atoms with Crippen molar-refractivity contribution in [3.05, 3.63) is 48.6 Å². The molecule has 4 rings (SSSR count). The van der Waals surface area contributed by atoms with Gasteiger partial charge in [0, 0.05) is 0 Å². The average molecular weight is 338 g/mol. The van der Waals surface area contributed by atoms with E-state index < -0.39 is 10.8 Å². The molecule has 0 amide bonds. The summed E-state index contributed by atoms with van der Waals surface area (Å²) in [5, 5.41) is 0. The summed E-state index contributed by atoms with van der Waals surface area (Å²) in [6.07, 6.45) is 14.7. The monoisotopic (exact) mass is 338 g/mol. The van der Waals surface area contributed by atoms with Crippen LogP contribution < -0.4 is 0 Å². The summed E-state index contributed by atoms with van der Waals surface area (Å²) in [6, 6.07) is 0. The first kappa shape index (κ1) is 16.6. The van der Waals surface area contributed by atoms with Crippen LogP contribution in [0.25, 0.3) is 0 Å². The minimum atomic E-state index is -0.579. The zero-order chi connectivity index (χ0) is 17.7. The molecular weight excluding hydrogens is 312 g/mol. The molecule has 25 heavy (non-hydrogen) atoms. The van der Waals surface area contributed by atoms with Crippen LogP contribution in [-0.4, -0.2) is 11.9 Å². The first-order valence-corrected chi connectivity index (χ1v) is 9.45. The van der Waals surface area contributed by atoms with E-state index in [1.807, 2.05) is 12.2 Å². The number of allylic oxidation sites excluding steroid dienone is 4. The maximum Gasteiger partial charge on any atom is 0.323 e. The van der Waals surface area contributed by atoms with Crippen molar-refractivity contribution in [1.29, 1.82) is 0 Å². The number of carbonyl (C=O) groups is 2. The molecule has 0 radical (unpaired) electrons. The van der Waals surface area contributed by atoms with Crippen LogP contribution in [0.1, 0.15) is 51.4 Å². The summed E-state index contributed by atoms with van der Waals surface area (Å²) in [5.41, 5.74) is 1.05. The molecule has 4 aliphatic carbocycles. The van der Waals surface area contributed by atoms with E-state index in [4.69, 9.17) is 4.74 Å². The van der Waals surface area contributed by atoms with Crippen molar-refractivity contribution >= 4 is 11.9 Å². The van der Waals surface area contributed by atoms with E-state index in [2.05, 4.69) is 25.3 Å². The number of hydrogen-bond donors (Lipinski definition) is 0. The molecule has 0 aromatic rings. The van der Waals surface area contributed by atoms with Crippen LogP contribution in [0.5, 0.6) is 0 Å². The number of rotatable bonds is 6. The molecule has 0 saturated heterocycles. The van der Waals surface area contributed by atoms with Crippen LogP contribution in [0, 0.1) is 22.7 Å². The summed E-state index contributed by atoms with van der Waals surface area (Å²) in [4.78, 5) is 26.1. The number of ether oxygens (including phenoxy) is 1. The lowest BCUT2D eigenvalue weighted by atomic mass is 9.77. The topological polar surface area (TPSA) is 43.4 Å². The maximum absolute atomic E-state index is 13.1. The molecule has 0 spiro atoms. The van der Waals surface area contributed by atoms with Crippen molar-refractivity contribution in [2.45, 2.75) is 51.4 Å².